The van der Waals surface area contributed by atoms with Crippen LogP contribution in [-0.4, -0.2) is 33.3 Å². The third-order valence-corrected chi connectivity index (χ3v) is 2.16. The molecule has 0 aliphatic carbocycles. The number of nitrogens with zero attached hydrogens (tertiary/aromatic N) is 4. The molecule has 0 amide bonds. The molecule has 1 N–H and O–H groups in total. The van der Waals surface area contributed by atoms with Crippen LogP contribution in [0.1, 0.15) is 18.6 Å². The molecule has 2 aromatic rings. The van der Waals surface area contributed by atoms with Crippen molar-refractivity contribution >= 4 is 5.82 Å². The van der Waals surface area contributed by atoms with E-state index in [-0.39, 0.29) is 0 Å². The Kier molecular flexibility index (Phi) is 4.06. The van der Waals surface area contributed by atoms with Gasteiger partial charge in [0, 0.05) is 26.0 Å². The van der Waals surface area contributed by atoms with Crippen molar-refractivity contribution < 1.29 is 9.26 Å². The fourth-order valence-corrected chi connectivity index (χ4v) is 1.41. The molecule has 7 nitrogen and oxygen atoms in total. The summed E-state index contributed by atoms with van der Waals surface area (Å²) in [5, 5.41) is 6.96. The van der Waals surface area contributed by atoms with Gasteiger partial charge in [-0.15, -0.1) is 0 Å². The van der Waals surface area contributed by atoms with Crippen molar-refractivity contribution in [2.75, 3.05) is 18.5 Å². The Morgan fingerprint density at radius 3 is 3.00 bits per heavy atom. The third kappa shape index (κ3) is 3.41. The largest absolute Gasteiger partial charge is 0.478 e. The Hall–Kier alpha value is -2.18. The summed E-state index contributed by atoms with van der Waals surface area (Å²) in [6.45, 7) is 4.93. The number of aryl methyl sites for hydroxylation is 1. The lowest BCUT2D eigenvalue weighted by Crippen LogP contribution is -2.08. The zero-order chi connectivity index (χ0) is 12.8. The molecule has 0 aliphatic rings. The lowest BCUT2D eigenvalue weighted by Gasteiger charge is -2.05. The first kappa shape index (κ1) is 12.3. The zero-order valence-corrected chi connectivity index (χ0v) is 10.4. The van der Waals surface area contributed by atoms with Gasteiger partial charge in [0.05, 0.1) is 6.61 Å². The fourth-order valence-electron chi connectivity index (χ4n) is 1.41. The molecule has 0 radical (unpaired) electrons. The summed E-state index contributed by atoms with van der Waals surface area (Å²) in [7, 11) is 0. The lowest BCUT2D eigenvalue weighted by atomic mass is 10.4. The minimum absolute atomic E-state index is 0.561. The molecule has 2 aromatic heterocycles. The highest BCUT2D eigenvalue weighted by molar-refractivity contribution is 5.36. The number of nitrogens with one attached hydrogen (secondary N) is 1. The maximum Gasteiger partial charge on any atom is 0.223 e. The van der Waals surface area contributed by atoms with Crippen LogP contribution in [-0.2, 0) is 6.42 Å². The molecule has 18 heavy (non-hydrogen) atoms. The minimum Gasteiger partial charge on any atom is -0.478 e. The van der Waals surface area contributed by atoms with Gasteiger partial charge in [0.1, 0.15) is 12.1 Å². The standard InChI is InChI=1S/C11H15N5O2/c1-3-17-11-6-10(13-7-14-11)12-5-4-9-15-8(2)18-16-9/h6-7H,3-5H2,1-2H3,(H,12,13,14). The van der Waals surface area contributed by atoms with Crippen LogP contribution in [0.5, 0.6) is 5.88 Å². The molecule has 0 aliphatic heterocycles. The van der Waals surface area contributed by atoms with E-state index in [1.54, 1.807) is 13.0 Å². The van der Waals surface area contributed by atoms with Crippen molar-refractivity contribution in [1.29, 1.82) is 0 Å². The number of rotatable bonds is 6. The quantitative estimate of drug-likeness (QED) is 0.823. The van der Waals surface area contributed by atoms with E-state index in [9.17, 15) is 0 Å². The summed E-state index contributed by atoms with van der Waals surface area (Å²) >= 11 is 0. The van der Waals surface area contributed by atoms with Gasteiger partial charge in [-0.3, -0.25) is 0 Å². The van der Waals surface area contributed by atoms with E-state index in [2.05, 4.69) is 25.4 Å². The van der Waals surface area contributed by atoms with Gasteiger partial charge in [-0.1, -0.05) is 5.16 Å². The van der Waals surface area contributed by atoms with Gasteiger partial charge in [-0.2, -0.15) is 4.98 Å². The van der Waals surface area contributed by atoms with Gasteiger partial charge in [0.2, 0.25) is 11.8 Å². The highest BCUT2D eigenvalue weighted by Crippen LogP contribution is 2.10. The van der Waals surface area contributed by atoms with Crippen LogP contribution in [0.3, 0.4) is 0 Å². The van der Waals surface area contributed by atoms with Crippen molar-refractivity contribution in [3.8, 4) is 5.88 Å². The minimum atomic E-state index is 0.561. The van der Waals surface area contributed by atoms with Crippen LogP contribution < -0.4 is 10.1 Å². The molecule has 2 rings (SSSR count). The van der Waals surface area contributed by atoms with Crippen molar-refractivity contribution in [2.24, 2.45) is 0 Å². The number of aromatic nitrogens is 4. The average molecular weight is 249 g/mol. The second-order valence-electron chi connectivity index (χ2n) is 3.58. The van der Waals surface area contributed by atoms with Gasteiger partial charge in [0.25, 0.3) is 0 Å². The molecule has 96 valence electrons. The molecule has 2 heterocycles. The molecule has 0 aromatic carbocycles. The van der Waals surface area contributed by atoms with E-state index in [1.807, 2.05) is 6.92 Å². The Bertz CT molecular complexity index is 500. The summed E-state index contributed by atoms with van der Waals surface area (Å²) in [5.74, 6) is 2.53. The smallest absolute Gasteiger partial charge is 0.223 e. The van der Waals surface area contributed by atoms with Gasteiger partial charge in [-0.25, -0.2) is 9.97 Å². The molecule has 0 spiro atoms. The Balaban J connectivity index is 1.84. The van der Waals surface area contributed by atoms with Crippen LogP contribution in [0.25, 0.3) is 0 Å². The third-order valence-electron chi connectivity index (χ3n) is 2.16. The summed E-state index contributed by atoms with van der Waals surface area (Å²) < 4.78 is 10.2. The van der Waals surface area contributed by atoms with Gasteiger partial charge in [-0.05, 0) is 6.92 Å². The monoisotopic (exact) mass is 249 g/mol. The van der Waals surface area contributed by atoms with E-state index in [0.29, 0.717) is 43.0 Å². The van der Waals surface area contributed by atoms with E-state index in [1.165, 1.54) is 6.33 Å². The summed E-state index contributed by atoms with van der Waals surface area (Å²) in [5.41, 5.74) is 0. The van der Waals surface area contributed by atoms with Crippen molar-refractivity contribution in [2.45, 2.75) is 20.3 Å². The maximum atomic E-state index is 5.28. The molecule has 0 fully saturated rings. The fraction of sp³-hybridized carbons (Fsp3) is 0.455. The SMILES string of the molecule is CCOc1cc(NCCc2noc(C)n2)ncn1. The first-order valence-electron chi connectivity index (χ1n) is 5.76. The van der Waals surface area contributed by atoms with Crippen molar-refractivity contribution in [3.05, 3.63) is 24.1 Å². The number of hydrogen-bond acceptors (Lipinski definition) is 7. The van der Waals surface area contributed by atoms with Crippen LogP contribution in [0, 0.1) is 6.92 Å². The Morgan fingerprint density at radius 2 is 2.28 bits per heavy atom. The first-order valence-corrected chi connectivity index (χ1v) is 5.76. The highest BCUT2D eigenvalue weighted by atomic mass is 16.5. The maximum absolute atomic E-state index is 5.28. The van der Waals surface area contributed by atoms with Gasteiger partial charge >= 0.3 is 0 Å². The van der Waals surface area contributed by atoms with Gasteiger partial charge < -0.3 is 14.6 Å². The molecule has 0 atom stereocenters. The topological polar surface area (TPSA) is 86.0 Å². The number of anilines is 1. The van der Waals surface area contributed by atoms with E-state index in [0.717, 1.165) is 0 Å². The zero-order valence-electron chi connectivity index (χ0n) is 10.4. The van der Waals surface area contributed by atoms with E-state index < -0.39 is 0 Å². The van der Waals surface area contributed by atoms with Crippen LogP contribution in [0.2, 0.25) is 0 Å². The molecular weight excluding hydrogens is 234 g/mol. The predicted molar refractivity (Wildman–Crippen MR) is 64.4 cm³/mol. The van der Waals surface area contributed by atoms with Crippen molar-refractivity contribution in [1.82, 2.24) is 20.1 Å². The van der Waals surface area contributed by atoms with Crippen LogP contribution in [0.4, 0.5) is 5.82 Å². The highest BCUT2D eigenvalue weighted by Gasteiger charge is 2.03. The number of ether oxygens (including phenoxy) is 1. The lowest BCUT2D eigenvalue weighted by molar-refractivity contribution is 0.326. The summed E-state index contributed by atoms with van der Waals surface area (Å²) in [6, 6.07) is 1.75. The first-order chi connectivity index (χ1) is 8.78. The molecule has 0 saturated carbocycles. The molecule has 0 unspecified atom stereocenters. The second-order valence-corrected chi connectivity index (χ2v) is 3.58. The normalized spacial score (nSPS) is 10.3. The predicted octanol–water partition coefficient (Wildman–Crippen LogP) is 1.22. The number of hydrogen-bond donors (Lipinski definition) is 1. The second kappa shape index (κ2) is 5.95. The van der Waals surface area contributed by atoms with Gasteiger partial charge in [0.15, 0.2) is 5.82 Å². The summed E-state index contributed by atoms with van der Waals surface area (Å²) in [4.78, 5) is 12.2. The molecule has 0 saturated heterocycles. The summed E-state index contributed by atoms with van der Waals surface area (Å²) in [6.07, 6.45) is 2.14. The Labute approximate surface area is 105 Å². The Morgan fingerprint density at radius 1 is 1.39 bits per heavy atom. The van der Waals surface area contributed by atoms with E-state index in [4.69, 9.17) is 9.26 Å². The van der Waals surface area contributed by atoms with Crippen LogP contribution in [0.15, 0.2) is 16.9 Å². The van der Waals surface area contributed by atoms with E-state index >= 15 is 0 Å². The molecular formula is C11H15N5O2. The van der Waals surface area contributed by atoms with Crippen LogP contribution >= 0.6 is 0 Å². The molecule has 7 heteroatoms. The average Bonchev–Trinajstić information content (AvgIpc) is 2.76. The molecule has 0 bridgehead atoms. The van der Waals surface area contributed by atoms with Crippen molar-refractivity contribution in [3.63, 3.8) is 0 Å².